The highest BCUT2D eigenvalue weighted by Gasteiger charge is 2.17. The van der Waals surface area contributed by atoms with Crippen LogP contribution in [-0.2, 0) is 0 Å². The molecule has 0 radical (unpaired) electrons. The normalized spacial score (nSPS) is 11.4. The Morgan fingerprint density at radius 3 is 2.19 bits per heavy atom. The highest BCUT2D eigenvalue weighted by Crippen LogP contribution is 2.21. The van der Waals surface area contributed by atoms with Crippen molar-refractivity contribution in [3.05, 3.63) is 12.4 Å². The molecule has 0 aromatic carbocycles. The molecule has 0 spiro atoms. The summed E-state index contributed by atoms with van der Waals surface area (Å²) in [6.45, 7) is 9.86. The van der Waals surface area contributed by atoms with Gasteiger partial charge >= 0.3 is 0 Å². The lowest BCUT2D eigenvalue weighted by Gasteiger charge is -2.25. The topological polar surface area (TPSA) is 63.8 Å². The van der Waals surface area contributed by atoms with E-state index in [1.165, 1.54) is 0 Å². The van der Waals surface area contributed by atoms with Gasteiger partial charge in [0.05, 0.1) is 0 Å². The molecule has 0 atom stereocenters. The number of hydrogen-bond donors (Lipinski definition) is 2. The van der Waals surface area contributed by atoms with Crippen LogP contribution >= 0.6 is 0 Å². The predicted molar refractivity (Wildman–Crippen MR) is 68.1 cm³/mol. The minimum atomic E-state index is 0.466. The molecule has 0 aliphatic heterocycles. The van der Waals surface area contributed by atoms with E-state index in [0.717, 1.165) is 6.54 Å². The summed E-state index contributed by atoms with van der Waals surface area (Å²) in [6.07, 6.45) is 3.25. The van der Waals surface area contributed by atoms with Gasteiger partial charge in [-0.3, -0.25) is 0 Å². The number of nitrogens with zero attached hydrogens (tertiary/aromatic N) is 2. The molecule has 0 unspecified atom stereocenters. The Morgan fingerprint density at radius 1 is 1.12 bits per heavy atom. The van der Waals surface area contributed by atoms with Gasteiger partial charge < -0.3 is 11.1 Å². The molecule has 0 fully saturated rings. The standard InChI is InChI=1S/C12H22N4/c1-8(2)10(9(3)4)7-16-12-11(13)14-5-6-15-12/h5-6,8-10H,7H2,1-4H3,(H2,13,14)(H,15,16). The number of hydrogen-bond acceptors (Lipinski definition) is 4. The summed E-state index contributed by atoms with van der Waals surface area (Å²) in [7, 11) is 0. The van der Waals surface area contributed by atoms with Crippen molar-refractivity contribution in [2.24, 2.45) is 17.8 Å². The average molecular weight is 222 g/mol. The first kappa shape index (κ1) is 12.7. The second kappa shape index (κ2) is 5.68. The highest BCUT2D eigenvalue weighted by molar-refractivity contribution is 5.54. The summed E-state index contributed by atoms with van der Waals surface area (Å²) in [6, 6.07) is 0. The van der Waals surface area contributed by atoms with E-state index in [1.807, 2.05) is 0 Å². The molecule has 3 N–H and O–H groups in total. The van der Waals surface area contributed by atoms with Gasteiger partial charge in [-0.15, -0.1) is 0 Å². The molecule has 0 aliphatic rings. The van der Waals surface area contributed by atoms with Gasteiger partial charge in [-0.1, -0.05) is 27.7 Å². The molecule has 0 saturated carbocycles. The number of anilines is 2. The first-order valence-electron chi connectivity index (χ1n) is 5.82. The van der Waals surface area contributed by atoms with Crippen LogP contribution in [0.3, 0.4) is 0 Å². The SMILES string of the molecule is CC(C)C(CNc1nccnc1N)C(C)C. The molecule has 16 heavy (non-hydrogen) atoms. The molecule has 0 saturated heterocycles. The Kier molecular flexibility index (Phi) is 4.52. The van der Waals surface area contributed by atoms with Gasteiger partial charge in [0, 0.05) is 18.9 Å². The Morgan fingerprint density at radius 2 is 1.69 bits per heavy atom. The van der Waals surface area contributed by atoms with Gasteiger partial charge in [0.15, 0.2) is 11.6 Å². The zero-order chi connectivity index (χ0) is 12.1. The van der Waals surface area contributed by atoms with E-state index in [1.54, 1.807) is 12.4 Å². The van der Waals surface area contributed by atoms with Gasteiger partial charge in [-0.25, -0.2) is 9.97 Å². The van der Waals surface area contributed by atoms with E-state index in [9.17, 15) is 0 Å². The molecule has 90 valence electrons. The lowest BCUT2D eigenvalue weighted by molar-refractivity contribution is 0.304. The molecule has 1 heterocycles. The fourth-order valence-electron chi connectivity index (χ4n) is 1.94. The van der Waals surface area contributed by atoms with Crippen LogP contribution in [0, 0.1) is 17.8 Å². The zero-order valence-corrected chi connectivity index (χ0v) is 10.6. The van der Waals surface area contributed by atoms with Gasteiger partial charge in [-0.2, -0.15) is 0 Å². The maximum atomic E-state index is 5.72. The maximum Gasteiger partial charge on any atom is 0.168 e. The van der Waals surface area contributed by atoms with Gasteiger partial charge in [0.25, 0.3) is 0 Å². The van der Waals surface area contributed by atoms with Crippen molar-refractivity contribution in [1.82, 2.24) is 9.97 Å². The van der Waals surface area contributed by atoms with Crippen LogP contribution in [0.4, 0.5) is 11.6 Å². The van der Waals surface area contributed by atoms with E-state index in [-0.39, 0.29) is 0 Å². The Bertz CT molecular complexity index is 315. The molecular formula is C12H22N4. The predicted octanol–water partition coefficient (Wildman–Crippen LogP) is 2.40. The van der Waals surface area contributed by atoms with Crippen molar-refractivity contribution in [2.75, 3.05) is 17.6 Å². The number of rotatable bonds is 5. The summed E-state index contributed by atoms with van der Waals surface area (Å²) >= 11 is 0. The van der Waals surface area contributed by atoms with Gasteiger partial charge in [-0.05, 0) is 17.8 Å². The summed E-state index contributed by atoms with van der Waals surface area (Å²) in [4.78, 5) is 8.17. The average Bonchev–Trinajstić information content (AvgIpc) is 2.20. The largest absolute Gasteiger partial charge is 0.381 e. The molecule has 1 rings (SSSR count). The van der Waals surface area contributed by atoms with E-state index < -0.39 is 0 Å². The maximum absolute atomic E-state index is 5.72. The fourth-order valence-corrected chi connectivity index (χ4v) is 1.94. The molecule has 1 aromatic heterocycles. The quantitative estimate of drug-likeness (QED) is 0.803. The van der Waals surface area contributed by atoms with Crippen LogP contribution in [-0.4, -0.2) is 16.5 Å². The lowest BCUT2D eigenvalue weighted by atomic mass is 9.85. The van der Waals surface area contributed by atoms with Crippen molar-refractivity contribution in [1.29, 1.82) is 0 Å². The summed E-state index contributed by atoms with van der Waals surface area (Å²) in [5.41, 5.74) is 5.72. The fraction of sp³-hybridized carbons (Fsp3) is 0.667. The molecule has 4 heteroatoms. The van der Waals surface area contributed by atoms with Crippen LogP contribution in [0.25, 0.3) is 0 Å². The van der Waals surface area contributed by atoms with E-state index >= 15 is 0 Å². The minimum absolute atomic E-state index is 0.466. The third-order valence-corrected chi connectivity index (χ3v) is 2.94. The van der Waals surface area contributed by atoms with Crippen molar-refractivity contribution >= 4 is 11.6 Å². The number of nitrogen functional groups attached to an aromatic ring is 1. The second-order valence-electron chi connectivity index (χ2n) is 4.82. The monoisotopic (exact) mass is 222 g/mol. The number of nitrogens with one attached hydrogen (secondary N) is 1. The van der Waals surface area contributed by atoms with Crippen molar-refractivity contribution < 1.29 is 0 Å². The minimum Gasteiger partial charge on any atom is -0.381 e. The van der Waals surface area contributed by atoms with Crippen LogP contribution in [0.2, 0.25) is 0 Å². The zero-order valence-electron chi connectivity index (χ0n) is 10.6. The van der Waals surface area contributed by atoms with Gasteiger partial charge in [0.2, 0.25) is 0 Å². The van der Waals surface area contributed by atoms with Crippen LogP contribution in [0.5, 0.6) is 0 Å². The van der Waals surface area contributed by atoms with E-state index in [4.69, 9.17) is 5.73 Å². The molecule has 0 bridgehead atoms. The first-order valence-corrected chi connectivity index (χ1v) is 5.82. The lowest BCUT2D eigenvalue weighted by Crippen LogP contribution is -2.25. The first-order chi connectivity index (χ1) is 7.52. The molecular weight excluding hydrogens is 200 g/mol. The number of aromatic nitrogens is 2. The highest BCUT2D eigenvalue weighted by atomic mass is 15.0. The molecule has 4 nitrogen and oxygen atoms in total. The Balaban J connectivity index is 2.59. The van der Waals surface area contributed by atoms with Crippen LogP contribution in [0.15, 0.2) is 12.4 Å². The molecule has 1 aromatic rings. The Labute approximate surface area is 97.7 Å². The number of nitrogens with two attached hydrogens (primary N) is 1. The van der Waals surface area contributed by atoms with Crippen LogP contribution in [0.1, 0.15) is 27.7 Å². The summed E-state index contributed by atoms with van der Waals surface area (Å²) < 4.78 is 0. The Hall–Kier alpha value is -1.32. The van der Waals surface area contributed by atoms with Crippen molar-refractivity contribution in [3.8, 4) is 0 Å². The third kappa shape index (κ3) is 3.36. The second-order valence-corrected chi connectivity index (χ2v) is 4.82. The summed E-state index contributed by atoms with van der Waals surface area (Å²) in [5.74, 6) is 3.06. The smallest absolute Gasteiger partial charge is 0.168 e. The van der Waals surface area contributed by atoms with Crippen molar-refractivity contribution in [2.45, 2.75) is 27.7 Å². The van der Waals surface area contributed by atoms with E-state index in [0.29, 0.717) is 29.4 Å². The van der Waals surface area contributed by atoms with Crippen LogP contribution < -0.4 is 11.1 Å². The van der Waals surface area contributed by atoms with Gasteiger partial charge in [0.1, 0.15) is 0 Å². The summed E-state index contributed by atoms with van der Waals surface area (Å²) in [5, 5.41) is 3.28. The van der Waals surface area contributed by atoms with E-state index in [2.05, 4.69) is 43.0 Å². The van der Waals surface area contributed by atoms with Crippen molar-refractivity contribution in [3.63, 3.8) is 0 Å². The molecule has 0 aliphatic carbocycles. The third-order valence-electron chi connectivity index (χ3n) is 2.94. The molecule has 0 amide bonds.